The fraction of sp³-hybridized carbons (Fsp3) is 0.692. The second-order valence-corrected chi connectivity index (χ2v) is 11.1. The van der Waals surface area contributed by atoms with Gasteiger partial charge in [-0.05, 0) is 40.5 Å². The molecule has 0 aliphatic carbocycles. The summed E-state index contributed by atoms with van der Waals surface area (Å²) >= 11 is 0. The largest absolute Gasteiger partial charge is 0.444 e. The summed E-state index contributed by atoms with van der Waals surface area (Å²) < 4.78 is 10.0. The fourth-order valence-electron chi connectivity index (χ4n) is 5.02. The van der Waals surface area contributed by atoms with Crippen LogP contribution in [0, 0.1) is 11.8 Å². The SMILES string of the molecule is CC#CCn1c(N2CCC[C@H](N)C2)nc2c1c(=O)n(CCN1CCN(C(=O)OC(C)(C)C)CC1)c(=O)n2C. The van der Waals surface area contributed by atoms with Crippen LogP contribution in [0.3, 0.4) is 0 Å². The molecule has 12 heteroatoms. The van der Waals surface area contributed by atoms with Crippen molar-refractivity contribution in [3.05, 3.63) is 20.8 Å². The summed E-state index contributed by atoms with van der Waals surface area (Å²) in [5.74, 6) is 6.58. The predicted octanol–water partition coefficient (Wildman–Crippen LogP) is 0.400. The molecule has 4 heterocycles. The summed E-state index contributed by atoms with van der Waals surface area (Å²) in [7, 11) is 1.65. The molecule has 2 saturated heterocycles. The lowest BCUT2D eigenvalue weighted by Gasteiger charge is -2.35. The monoisotopic (exact) mass is 528 g/mol. The standard InChI is InChI=1S/C26H40N8O4/c1-6-7-11-33-20-21(28-23(33)32-10-8-9-19(27)18-32)29(5)24(36)34(22(20)35)17-14-30-12-15-31(16-13-30)25(37)38-26(2,3)4/h19H,8-18,27H2,1-5H3/t19-/m0/s1. The number of fused-ring (bicyclic) bond motifs is 1. The normalized spacial score (nSPS) is 18.9. The molecule has 2 aliphatic rings. The van der Waals surface area contributed by atoms with Crippen LogP contribution in [0.1, 0.15) is 40.5 Å². The molecule has 0 aromatic carbocycles. The summed E-state index contributed by atoms with van der Waals surface area (Å²) in [4.78, 5) is 50.0. The van der Waals surface area contributed by atoms with Gasteiger partial charge < -0.3 is 20.3 Å². The van der Waals surface area contributed by atoms with Crippen molar-refractivity contribution in [2.24, 2.45) is 12.8 Å². The number of hydrogen-bond donors (Lipinski definition) is 1. The molecule has 0 bridgehead atoms. The molecule has 2 aliphatic heterocycles. The maximum atomic E-state index is 13.7. The number of anilines is 1. The minimum absolute atomic E-state index is 0.0329. The molecule has 12 nitrogen and oxygen atoms in total. The van der Waals surface area contributed by atoms with Crippen LogP contribution in [0.5, 0.6) is 0 Å². The van der Waals surface area contributed by atoms with Crippen molar-refractivity contribution in [3.8, 4) is 11.8 Å². The quantitative estimate of drug-likeness (QED) is 0.553. The van der Waals surface area contributed by atoms with Gasteiger partial charge in [0.15, 0.2) is 11.2 Å². The van der Waals surface area contributed by atoms with Crippen LogP contribution in [-0.4, -0.2) is 92.0 Å². The lowest BCUT2D eigenvalue weighted by Crippen LogP contribution is -2.51. The van der Waals surface area contributed by atoms with Gasteiger partial charge in [0.2, 0.25) is 5.95 Å². The van der Waals surface area contributed by atoms with E-state index in [1.165, 1.54) is 9.13 Å². The van der Waals surface area contributed by atoms with E-state index in [1.54, 1.807) is 18.9 Å². The Bertz CT molecular complexity index is 1350. The first kappa shape index (κ1) is 27.7. The van der Waals surface area contributed by atoms with E-state index in [-0.39, 0.29) is 24.2 Å². The number of nitrogens with two attached hydrogens (primary N) is 1. The number of aromatic nitrogens is 4. The first-order valence-corrected chi connectivity index (χ1v) is 13.3. The molecule has 0 spiro atoms. The van der Waals surface area contributed by atoms with Crippen molar-refractivity contribution < 1.29 is 9.53 Å². The van der Waals surface area contributed by atoms with E-state index in [0.717, 1.165) is 19.4 Å². The molecular weight excluding hydrogens is 488 g/mol. The summed E-state index contributed by atoms with van der Waals surface area (Å²) in [6.07, 6.45) is 1.57. The summed E-state index contributed by atoms with van der Waals surface area (Å²) in [6.45, 7) is 12.1. The van der Waals surface area contributed by atoms with E-state index < -0.39 is 11.3 Å². The summed E-state index contributed by atoms with van der Waals surface area (Å²) in [5.41, 5.74) is 5.64. The average Bonchev–Trinajstić information content (AvgIpc) is 3.25. The van der Waals surface area contributed by atoms with Gasteiger partial charge in [0.25, 0.3) is 5.56 Å². The van der Waals surface area contributed by atoms with Crippen LogP contribution in [0.15, 0.2) is 9.59 Å². The highest BCUT2D eigenvalue weighted by Crippen LogP contribution is 2.23. The lowest BCUT2D eigenvalue weighted by atomic mass is 10.1. The number of carbonyl (C=O) groups is 1. The smallest absolute Gasteiger partial charge is 0.410 e. The van der Waals surface area contributed by atoms with Crippen LogP contribution in [0.25, 0.3) is 11.2 Å². The van der Waals surface area contributed by atoms with E-state index in [2.05, 4.69) is 21.6 Å². The van der Waals surface area contributed by atoms with Gasteiger partial charge in [-0.1, -0.05) is 5.92 Å². The minimum Gasteiger partial charge on any atom is -0.444 e. The maximum Gasteiger partial charge on any atom is 0.410 e. The van der Waals surface area contributed by atoms with Crippen LogP contribution in [0.2, 0.25) is 0 Å². The Kier molecular flexibility index (Phi) is 8.18. The van der Waals surface area contributed by atoms with Crippen molar-refractivity contribution in [3.63, 3.8) is 0 Å². The minimum atomic E-state index is -0.538. The highest BCUT2D eigenvalue weighted by Gasteiger charge is 2.28. The molecule has 0 unspecified atom stereocenters. The van der Waals surface area contributed by atoms with Gasteiger partial charge in [0, 0.05) is 65.4 Å². The summed E-state index contributed by atoms with van der Waals surface area (Å²) in [5, 5.41) is 0. The number of carbonyl (C=O) groups excluding carboxylic acids is 1. The number of aryl methyl sites for hydroxylation is 1. The van der Waals surface area contributed by atoms with Gasteiger partial charge in [-0.2, -0.15) is 4.98 Å². The van der Waals surface area contributed by atoms with Gasteiger partial charge in [-0.3, -0.25) is 23.4 Å². The Balaban J connectivity index is 1.57. The first-order chi connectivity index (χ1) is 18.0. The van der Waals surface area contributed by atoms with Crippen LogP contribution in [-0.2, 0) is 24.9 Å². The molecule has 1 atom stereocenters. The number of amides is 1. The highest BCUT2D eigenvalue weighted by molar-refractivity contribution is 5.75. The van der Waals surface area contributed by atoms with Crippen LogP contribution >= 0.6 is 0 Å². The van der Waals surface area contributed by atoms with E-state index >= 15 is 0 Å². The highest BCUT2D eigenvalue weighted by atomic mass is 16.6. The molecule has 2 aromatic heterocycles. The van der Waals surface area contributed by atoms with Crippen molar-refractivity contribution >= 4 is 23.2 Å². The maximum absolute atomic E-state index is 13.7. The zero-order valence-electron chi connectivity index (χ0n) is 23.2. The van der Waals surface area contributed by atoms with E-state index in [0.29, 0.717) is 62.9 Å². The van der Waals surface area contributed by atoms with Gasteiger partial charge in [-0.25, -0.2) is 9.59 Å². The van der Waals surface area contributed by atoms with Crippen molar-refractivity contribution in [1.82, 2.24) is 28.5 Å². The van der Waals surface area contributed by atoms with Gasteiger partial charge in [0.1, 0.15) is 5.60 Å². The zero-order chi connectivity index (χ0) is 27.6. The van der Waals surface area contributed by atoms with Crippen LogP contribution < -0.4 is 21.9 Å². The van der Waals surface area contributed by atoms with Gasteiger partial charge in [-0.15, -0.1) is 5.92 Å². The molecule has 0 radical (unpaired) electrons. The Hall–Kier alpha value is -3.30. The molecule has 0 saturated carbocycles. The number of rotatable bonds is 5. The molecule has 1 amide bonds. The Morgan fingerprint density at radius 3 is 2.45 bits per heavy atom. The predicted molar refractivity (Wildman–Crippen MR) is 146 cm³/mol. The Labute approximate surface area is 222 Å². The van der Waals surface area contributed by atoms with Gasteiger partial charge in [0.05, 0.1) is 6.54 Å². The number of ether oxygens (including phenoxy) is 1. The Morgan fingerprint density at radius 1 is 1.11 bits per heavy atom. The summed E-state index contributed by atoms with van der Waals surface area (Å²) in [6, 6.07) is 0.0329. The third kappa shape index (κ3) is 5.89. The van der Waals surface area contributed by atoms with E-state index in [4.69, 9.17) is 15.5 Å². The second kappa shape index (κ2) is 11.2. The topological polar surface area (TPSA) is 124 Å². The van der Waals surface area contributed by atoms with E-state index in [9.17, 15) is 14.4 Å². The third-order valence-electron chi connectivity index (χ3n) is 7.03. The van der Waals surface area contributed by atoms with Crippen molar-refractivity contribution in [1.29, 1.82) is 0 Å². The van der Waals surface area contributed by atoms with Gasteiger partial charge >= 0.3 is 11.8 Å². The number of nitrogens with zero attached hydrogens (tertiary/aromatic N) is 7. The fourth-order valence-corrected chi connectivity index (χ4v) is 5.02. The third-order valence-corrected chi connectivity index (χ3v) is 7.03. The zero-order valence-corrected chi connectivity index (χ0v) is 23.2. The number of piperazine rings is 1. The van der Waals surface area contributed by atoms with E-state index in [1.807, 2.05) is 25.3 Å². The molecule has 208 valence electrons. The van der Waals surface area contributed by atoms with Crippen LogP contribution in [0.4, 0.5) is 10.7 Å². The lowest BCUT2D eigenvalue weighted by molar-refractivity contribution is 0.0142. The molecule has 2 fully saturated rings. The first-order valence-electron chi connectivity index (χ1n) is 13.3. The molecule has 38 heavy (non-hydrogen) atoms. The molecule has 4 rings (SSSR count). The van der Waals surface area contributed by atoms with Crippen molar-refractivity contribution in [2.45, 2.75) is 65.3 Å². The Morgan fingerprint density at radius 2 is 1.82 bits per heavy atom. The van der Waals surface area contributed by atoms with Crippen molar-refractivity contribution in [2.75, 3.05) is 50.7 Å². The molecule has 2 aromatic rings. The number of hydrogen-bond acceptors (Lipinski definition) is 8. The average molecular weight is 529 g/mol. The molecular formula is C26H40N8O4. The number of imidazole rings is 1. The second-order valence-electron chi connectivity index (χ2n) is 11.1. The number of piperidine rings is 1. The molecule has 2 N–H and O–H groups in total.